The smallest absolute Gasteiger partial charge is 0.126 e. The molecule has 0 saturated heterocycles. The Kier molecular flexibility index (Phi) is 3.36. The van der Waals surface area contributed by atoms with Crippen LogP contribution in [0.5, 0.6) is 0 Å². The standard InChI is InChI=1S/C14H13FN2S2/c1-8-6-9(2-3-10(8)15)14(17-16)13-7-12-11(19-13)4-5-18-12/h2-7,14,17H,16H2,1H3. The highest BCUT2D eigenvalue weighted by Crippen LogP contribution is 2.35. The van der Waals surface area contributed by atoms with Crippen LogP contribution < -0.4 is 11.3 Å². The van der Waals surface area contributed by atoms with Crippen molar-refractivity contribution >= 4 is 32.1 Å². The van der Waals surface area contributed by atoms with Crippen molar-refractivity contribution in [1.82, 2.24) is 5.43 Å². The summed E-state index contributed by atoms with van der Waals surface area (Å²) in [6, 6.07) is 9.27. The minimum atomic E-state index is -0.188. The maximum atomic E-state index is 13.3. The Balaban J connectivity index is 2.03. The maximum absolute atomic E-state index is 13.3. The highest BCUT2D eigenvalue weighted by Gasteiger charge is 2.16. The second kappa shape index (κ2) is 5.02. The molecule has 0 aliphatic heterocycles. The van der Waals surface area contributed by atoms with Crippen LogP contribution in [0.25, 0.3) is 9.40 Å². The van der Waals surface area contributed by atoms with Gasteiger partial charge in [-0.25, -0.2) is 9.82 Å². The van der Waals surface area contributed by atoms with E-state index in [0.717, 1.165) is 10.4 Å². The quantitative estimate of drug-likeness (QED) is 0.566. The van der Waals surface area contributed by atoms with E-state index in [0.29, 0.717) is 5.56 Å². The van der Waals surface area contributed by atoms with Crippen LogP contribution in [0.4, 0.5) is 4.39 Å². The molecule has 0 amide bonds. The topological polar surface area (TPSA) is 38.0 Å². The van der Waals surface area contributed by atoms with Crippen molar-refractivity contribution in [1.29, 1.82) is 0 Å². The zero-order valence-electron chi connectivity index (χ0n) is 10.3. The molecule has 2 nitrogen and oxygen atoms in total. The molecular formula is C14H13FN2S2. The SMILES string of the molecule is Cc1cc(C(NN)c2cc3sccc3s2)ccc1F. The minimum absolute atomic E-state index is 0.0936. The summed E-state index contributed by atoms with van der Waals surface area (Å²) in [5.74, 6) is 5.49. The predicted molar refractivity (Wildman–Crippen MR) is 80.0 cm³/mol. The third-order valence-corrected chi connectivity index (χ3v) is 5.28. The first-order valence-corrected chi connectivity index (χ1v) is 7.58. The number of nitrogens with one attached hydrogen (secondary N) is 1. The maximum Gasteiger partial charge on any atom is 0.126 e. The molecule has 3 N–H and O–H groups in total. The van der Waals surface area contributed by atoms with E-state index in [4.69, 9.17) is 5.84 Å². The zero-order chi connectivity index (χ0) is 13.4. The lowest BCUT2D eigenvalue weighted by molar-refractivity contribution is 0.610. The zero-order valence-corrected chi connectivity index (χ0v) is 11.9. The Morgan fingerprint density at radius 2 is 2.05 bits per heavy atom. The number of benzene rings is 1. The summed E-state index contributed by atoms with van der Waals surface area (Å²) in [6.07, 6.45) is 0. The van der Waals surface area contributed by atoms with Gasteiger partial charge in [0.1, 0.15) is 5.82 Å². The van der Waals surface area contributed by atoms with Crippen LogP contribution >= 0.6 is 22.7 Å². The molecule has 0 aliphatic carbocycles. The number of hydrogen-bond acceptors (Lipinski definition) is 4. The molecule has 0 radical (unpaired) electrons. The van der Waals surface area contributed by atoms with E-state index >= 15 is 0 Å². The van der Waals surface area contributed by atoms with Gasteiger partial charge in [-0.1, -0.05) is 12.1 Å². The van der Waals surface area contributed by atoms with Gasteiger partial charge >= 0.3 is 0 Å². The van der Waals surface area contributed by atoms with Crippen LogP contribution in [-0.2, 0) is 0 Å². The van der Waals surface area contributed by atoms with E-state index in [1.807, 2.05) is 6.07 Å². The number of hydrogen-bond donors (Lipinski definition) is 2. The average molecular weight is 292 g/mol. The Hall–Kier alpha value is -1.27. The highest BCUT2D eigenvalue weighted by molar-refractivity contribution is 7.27. The first-order chi connectivity index (χ1) is 9.19. The molecule has 1 unspecified atom stereocenters. The Morgan fingerprint density at radius 1 is 1.21 bits per heavy atom. The normalized spacial score (nSPS) is 13.0. The Morgan fingerprint density at radius 3 is 2.74 bits per heavy atom. The predicted octanol–water partition coefficient (Wildman–Crippen LogP) is 3.96. The number of nitrogens with two attached hydrogens (primary N) is 1. The molecule has 0 bridgehead atoms. The molecule has 0 spiro atoms. The van der Waals surface area contributed by atoms with Crippen molar-refractivity contribution < 1.29 is 4.39 Å². The molecule has 0 saturated carbocycles. The van der Waals surface area contributed by atoms with Gasteiger partial charge in [-0.05, 0) is 41.6 Å². The Labute approximate surface area is 118 Å². The van der Waals surface area contributed by atoms with Crippen LogP contribution in [0.1, 0.15) is 22.0 Å². The summed E-state index contributed by atoms with van der Waals surface area (Å²) >= 11 is 3.43. The number of aryl methyl sites for hydroxylation is 1. The van der Waals surface area contributed by atoms with Gasteiger partial charge < -0.3 is 0 Å². The lowest BCUT2D eigenvalue weighted by Crippen LogP contribution is -2.28. The van der Waals surface area contributed by atoms with E-state index < -0.39 is 0 Å². The molecule has 2 aromatic heterocycles. The van der Waals surface area contributed by atoms with Gasteiger partial charge in [0.2, 0.25) is 0 Å². The molecule has 0 aliphatic rings. The van der Waals surface area contributed by atoms with Crippen molar-refractivity contribution in [3.8, 4) is 0 Å². The molecule has 98 valence electrons. The van der Waals surface area contributed by atoms with E-state index in [2.05, 4.69) is 22.9 Å². The second-order valence-corrected chi connectivity index (χ2v) is 6.47. The molecule has 2 heterocycles. The average Bonchev–Trinajstić information content (AvgIpc) is 2.95. The van der Waals surface area contributed by atoms with Crippen LogP contribution in [-0.4, -0.2) is 0 Å². The molecular weight excluding hydrogens is 279 g/mol. The largest absolute Gasteiger partial charge is 0.271 e. The van der Waals surface area contributed by atoms with E-state index in [9.17, 15) is 4.39 Å². The fourth-order valence-corrected chi connectivity index (χ4v) is 4.33. The molecule has 19 heavy (non-hydrogen) atoms. The number of fused-ring (bicyclic) bond motifs is 1. The summed E-state index contributed by atoms with van der Waals surface area (Å²) in [5.41, 5.74) is 4.44. The van der Waals surface area contributed by atoms with E-state index in [1.165, 1.54) is 15.5 Å². The monoisotopic (exact) mass is 292 g/mol. The van der Waals surface area contributed by atoms with Crippen LogP contribution in [0.2, 0.25) is 0 Å². The number of halogens is 1. The van der Waals surface area contributed by atoms with Crippen LogP contribution in [0.3, 0.4) is 0 Å². The third kappa shape index (κ3) is 2.30. The van der Waals surface area contributed by atoms with Crippen molar-refractivity contribution in [3.63, 3.8) is 0 Å². The van der Waals surface area contributed by atoms with Gasteiger partial charge in [-0.15, -0.1) is 22.7 Å². The van der Waals surface area contributed by atoms with Crippen molar-refractivity contribution in [2.75, 3.05) is 0 Å². The lowest BCUT2D eigenvalue weighted by Gasteiger charge is -2.15. The van der Waals surface area contributed by atoms with E-state index in [-0.39, 0.29) is 11.9 Å². The van der Waals surface area contributed by atoms with E-state index in [1.54, 1.807) is 35.7 Å². The lowest BCUT2D eigenvalue weighted by atomic mass is 10.0. The highest BCUT2D eigenvalue weighted by atomic mass is 32.1. The molecule has 0 fully saturated rings. The Bertz CT molecular complexity index is 689. The fraction of sp³-hybridized carbons (Fsp3) is 0.143. The second-order valence-electron chi connectivity index (χ2n) is 4.41. The van der Waals surface area contributed by atoms with Gasteiger partial charge in [0.15, 0.2) is 0 Å². The van der Waals surface area contributed by atoms with Gasteiger partial charge in [0, 0.05) is 14.3 Å². The summed E-state index contributed by atoms with van der Waals surface area (Å²) in [5, 5.41) is 2.08. The van der Waals surface area contributed by atoms with Gasteiger partial charge in [-0.3, -0.25) is 5.84 Å². The molecule has 5 heteroatoms. The molecule has 3 rings (SSSR count). The molecule has 1 aromatic carbocycles. The van der Waals surface area contributed by atoms with Crippen LogP contribution in [0.15, 0.2) is 35.7 Å². The minimum Gasteiger partial charge on any atom is -0.271 e. The molecule has 1 atom stereocenters. The van der Waals surface area contributed by atoms with Crippen LogP contribution in [0, 0.1) is 12.7 Å². The first kappa shape index (κ1) is 12.7. The summed E-state index contributed by atoms with van der Waals surface area (Å²) < 4.78 is 15.9. The van der Waals surface area contributed by atoms with Gasteiger partial charge in [-0.2, -0.15) is 0 Å². The number of rotatable bonds is 3. The third-order valence-electron chi connectivity index (χ3n) is 3.12. The fourth-order valence-electron chi connectivity index (χ4n) is 2.12. The van der Waals surface area contributed by atoms with Crippen molar-refractivity contribution in [2.24, 2.45) is 5.84 Å². The van der Waals surface area contributed by atoms with Gasteiger partial charge in [0.25, 0.3) is 0 Å². The van der Waals surface area contributed by atoms with Crippen molar-refractivity contribution in [3.05, 3.63) is 57.5 Å². The molecule has 3 aromatic rings. The summed E-state index contributed by atoms with van der Waals surface area (Å²) in [7, 11) is 0. The van der Waals surface area contributed by atoms with Crippen molar-refractivity contribution in [2.45, 2.75) is 13.0 Å². The number of hydrazine groups is 1. The number of thiophene rings is 2. The summed E-state index contributed by atoms with van der Waals surface area (Å²) in [6.45, 7) is 1.76. The first-order valence-electron chi connectivity index (χ1n) is 5.88. The van der Waals surface area contributed by atoms with Gasteiger partial charge in [0.05, 0.1) is 6.04 Å². The summed E-state index contributed by atoms with van der Waals surface area (Å²) in [4.78, 5) is 1.15.